The largest absolute Gasteiger partial charge is 0.491 e. The average molecular weight is 624 g/mol. The van der Waals surface area contributed by atoms with E-state index >= 15 is 0 Å². The van der Waals surface area contributed by atoms with Crippen LogP contribution in [0.5, 0.6) is 5.75 Å². The number of unbranched alkanes of at least 4 members (excludes halogenated alkanes) is 1. The van der Waals surface area contributed by atoms with Crippen molar-refractivity contribution in [3.05, 3.63) is 99.6 Å². The van der Waals surface area contributed by atoms with Gasteiger partial charge in [0, 0.05) is 18.8 Å². The highest BCUT2D eigenvalue weighted by atomic mass is 19.4. The van der Waals surface area contributed by atoms with Gasteiger partial charge in [0.15, 0.2) is 0 Å². The molecule has 0 spiro atoms. The molecule has 0 aromatic heterocycles. The van der Waals surface area contributed by atoms with Crippen molar-refractivity contribution >= 4 is 5.97 Å². The lowest BCUT2D eigenvalue weighted by Gasteiger charge is -2.19. The minimum atomic E-state index is -4.51. The Morgan fingerprint density at radius 1 is 1.07 bits per heavy atom. The quantitative estimate of drug-likeness (QED) is 0.0778. The van der Waals surface area contributed by atoms with Gasteiger partial charge in [-0.05, 0) is 54.5 Å². The van der Waals surface area contributed by atoms with Crippen molar-refractivity contribution in [2.24, 2.45) is 11.8 Å². The van der Waals surface area contributed by atoms with Crippen LogP contribution < -0.4 is 4.74 Å². The van der Waals surface area contributed by atoms with E-state index in [9.17, 15) is 43.4 Å². The van der Waals surface area contributed by atoms with Crippen LogP contribution >= 0.6 is 0 Å². The number of benzene rings is 2. The summed E-state index contributed by atoms with van der Waals surface area (Å²) in [4.78, 5) is 27.0. The van der Waals surface area contributed by atoms with Crippen LogP contribution in [0.25, 0.3) is 0 Å². The van der Waals surface area contributed by atoms with Crippen molar-refractivity contribution in [2.75, 3.05) is 6.61 Å². The number of aliphatic hydroxyl groups excluding tert-OH is 3. The molecule has 1 aliphatic carbocycles. The van der Waals surface area contributed by atoms with E-state index in [0.29, 0.717) is 30.4 Å². The number of esters is 1. The van der Waals surface area contributed by atoms with Crippen LogP contribution in [0.3, 0.4) is 0 Å². The van der Waals surface area contributed by atoms with Gasteiger partial charge in [0.25, 0.3) is 5.09 Å². The molecule has 44 heavy (non-hydrogen) atoms. The average Bonchev–Trinajstić information content (AvgIpc) is 3.25. The van der Waals surface area contributed by atoms with E-state index in [0.717, 1.165) is 12.1 Å². The molecule has 13 heteroatoms. The SMILES string of the molecule is O=C(CCC/C=C\C[C@@H]1[C@@H](/C=C/[C@@H](O)COc2cccc(C(F)(F)F)c2)[C@H](O)C[C@@H]1O)OCc1ccccc1CO[N+](=O)[O-]. The number of allylic oxidation sites excluding steroid dienone is 2. The maximum Gasteiger partial charge on any atom is 0.416 e. The Bertz CT molecular complexity index is 1280. The Balaban J connectivity index is 1.39. The Kier molecular flexibility index (Phi) is 13.2. The fourth-order valence-electron chi connectivity index (χ4n) is 4.89. The first-order valence-corrected chi connectivity index (χ1v) is 14.1. The van der Waals surface area contributed by atoms with Crippen LogP contribution in [-0.2, 0) is 33.8 Å². The highest BCUT2D eigenvalue weighted by Gasteiger charge is 2.39. The van der Waals surface area contributed by atoms with E-state index < -0.39 is 47.0 Å². The van der Waals surface area contributed by atoms with E-state index in [1.165, 1.54) is 18.2 Å². The van der Waals surface area contributed by atoms with Gasteiger partial charge in [-0.1, -0.05) is 54.6 Å². The molecule has 2 aromatic rings. The first-order chi connectivity index (χ1) is 20.9. The Labute approximate surface area is 252 Å². The van der Waals surface area contributed by atoms with Gasteiger partial charge >= 0.3 is 12.1 Å². The summed E-state index contributed by atoms with van der Waals surface area (Å²) in [6.45, 7) is -0.569. The molecule has 240 valence electrons. The number of ether oxygens (including phenoxy) is 2. The van der Waals surface area contributed by atoms with E-state index in [1.807, 2.05) is 12.2 Å². The molecule has 2 aromatic carbocycles. The molecular formula is C31H36F3NO9. The van der Waals surface area contributed by atoms with Gasteiger partial charge in [-0.3, -0.25) is 4.79 Å². The third-order valence-electron chi connectivity index (χ3n) is 7.21. The number of hydrogen-bond acceptors (Lipinski definition) is 9. The molecule has 0 unspecified atom stereocenters. The van der Waals surface area contributed by atoms with E-state index in [4.69, 9.17) is 9.47 Å². The highest BCUT2D eigenvalue weighted by molar-refractivity contribution is 5.69. The van der Waals surface area contributed by atoms with Crippen molar-refractivity contribution in [1.29, 1.82) is 0 Å². The molecule has 1 aliphatic rings. The van der Waals surface area contributed by atoms with Gasteiger partial charge in [-0.2, -0.15) is 13.2 Å². The number of alkyl halides is 3. The minimum Gasteiger partial charge on any atom is -0.491 e. The van der Waals surface area contributed by atoms with Gasteiger partial charge in [-0.25, -0.2) is 0 Å². The second-order valence-corrected chi connectivity index (χ2v) is 10.4. The van der Waals surface area contributed by atoms with E-state index in [2.05, 4.69) is 4.84 Å². The summed E-state index contributed by atoms with van der Waals surface area (Å²) in [7, 11) is 0. The lowest BCUT2D eigenvalue weighted by Crippen LogP contribution is -2.21. The molecule has 1 saturated carbocycles. The predicted octanol–water partition coefficient (Wildman–Crippen LogP) is 4.93. The van der Waals surface area contributed by atoms with Crippen molar-refractivity contribution < 1.29 is 52.7 Å². The molecule has 0 heterocycles. The van der Waals surface area contributed by atoms with Crippen molar-refractivity contribution in [3.63, 3.8) is 0 Å². The van der Waals surface area contributed by atoms with Crippen molar-refractivity contribution in [1.82, 2.24) is 0 Å². The smallest absolute Gasteiger partial charge is 0.416 e. The molecule has 0 amide bonds. The summed E-state index contributed by atoms with van der Waals surface area (Å²) < 4.78 is 49.2. The molecule has 0 radical (unpaired) electrons. The zero-order chi connectivity index (χ0) is 32.1. The Morgan fingerprint density at radius 3 is 2.50 bits per heavy atom. The van der Waals surface area contributed by atoms with Gasteiger partial charge in [0.2, 0.25) is 0 Å². The standard InChI is InChI=1S/C31H36F3NO9/c32-31(33,34)23-10-7-11-25(16-23)42-20-24(36)14-15-27-26(28(37)17-29(27)38)12-3-1-2-4-13-30(39)43-18-21-8-5-6-9-22(21)19-44-35(40)41/h1,3,5-11,14-16,24,26-29,36-38H,2,4,12-13,17-20H2/b3-1-,15-14+/t24-,26-,27-,28+,29-/m1/s1. The Hall–Kier alpha value is -3.94. The fourth-order valence-corrected chi connectivity index (χ4v) is 4.89. The molecule has 1 fully saturated rings. The maximum atomic E-state index is 12.9. The molecule has 3 N–H and O–H groups in total. The fraction of sp³-hybridized carbons (Fsp3) is 0.452. The molecule has 0 bridgehead atoms. The lowest BCUT2D eigenvalue weighted by atomic mass is 9.89. The zero-order valence-corrected chi connectivity index (χ0v) is 23.8. The molecule has 3 rings (SSSR count). The van der Waals surface area contributed by atoms with Crippen molar-refractivity contribution in [3.8, 4) is 5.75 Å². The number of halogens is 3. The van der Waals surface area contributed by atoms with Crippen LogP contribution in [0.2, 0.25) is 0 Å². The topological polar surface area (TPSA) is 149 Å². The first-order valence-electron chi connectivity index (χ1n) is 14.1. The van der Waals surface area contributed by atoms with Gasteiger partial charge < -0.3 is 29.6 Å². The lowest BCUT2D eigenvalue weighted by molar-refractivity contribution is -0.763. The molecule has 0 aliphatic heterocycles. The highest BCUT2D eigenvalue weighted by Crippen LogP contribution is 2.36. The van der Waals surface area contributed by atoms with Gasteiger partial charge in [-0.15, -0.1) is 10.1 Å². The van der Waals surface area contributed by atoms with Crippen LogP contribution in [0.15, 0.2) is 72.8 Å². The van der Waals surface area contributed by atoms with E-state index in [-0.39, 0.29) is 44.3 Å². The summed E-state index contributed by atoms with van der Waals surface area (Å²) >= 11 is 0. The number of carbonyl (C=O) groups is 1. The number of rotatable bonds is 16. The zero-order valence-electron chi connectivity index (χ0n) is 23.8. The molecule has 0 saturated heterocycles. The van der Waals surface area contributed by atoms with Crippen LogP contribution in [0.1, 0.15) is 48.8 Å². The molecule has 10 nitrogen and oxygen atoms in total. The van der Waals surface area contributed by atoms with Crippen LogP contribution in [-0.4, -0.2) is 51.3 Å². The predicted molar refractivity (Wildman–Crippen MR) is 151 cm³/mol. The van der Waals surface area contributed by atoms with Crippen LogP contribution in [0, 0.1) is 22.0 Å². The maximum absolute atomic E-state index is 12.9. The van der Waals surface area contributed by atoms with E-state index in [1.54, 1.807) is 30.3 Å². The molecular weight excluding hydrogens is 587 g/mol. The summed E-state index contributed by atoms with van der Waals surface area (Å²) in [5.74, 6) is -1.23. The number of hydrogen-bond donors (Lipinski definition) is 3. The Morgan fingerprint density at radius 2 is 1.80 bits per heavy atom. The normalized spacial score (nSPS) is 21.0. The monoisotopic (exact) mass is 623 g/mol. The van der Waals surface area contributed by atoms with Gasteiger partial charge in [0.1, 0.15) is 31.7 Å². The van der Waals surface area contributed by atoms with Gasteiger partial charge in [0.05, 0.1) is 17.8 Å². The second kappa shape index (κ2) is 16.8. The van der Waals surface area contributed by atoms with Crippen molar-refractivity contribution in [2.45, 2.75) is 69.8 Å². The third-order valence-corrected chi connectivity index (χ3v) is 7.21. The summed E-state index contributed by atoms with van der Waals surface area (Å²) in [5.41, 5.74) is 0.296. The number of aliphatic hydroxyl groups is 3. The summed E-state index contributed by atoms with van der Waals surface area (Å²) in [6.07, 6.45) is 1.31. The van der Waals surface area contributed by atoms with Crippen LogP contribution in [0.4, 0.5) is 13.2 Å². The third kappa shape index (κ3) is 11.3. The summed E-state index contributed by atoms with van der Waals surface area (Å²) in [5, 5.41) is 40.7. The second-order valence-electron chi connectivity index (χ2n) is 10.4. The number of nitrogens with zero attached hydrogens (tertiary/aromatic N) is 1. The minimum absolute atomic E-state index is 0.0329. The number of carbonyl (C=O) groups excluding carboxylic acids is 1. The first kappa shape index (κ1) is 34.5. The molecule has 5 atom stereocenters. The summed E-state index contributed by atoms with van der Waals surface area (Å²) in [6, 6.07) is 11.1.